The number of fused-ring (bicyclic) bond motifs is 8. The number of nitrogens with zero attached hydrogens (tertiary/aromatic N) is 1. The fourth-order valence-corrected chi connectivity index (χ4v) is 8.23. The summed E-state index contributed by atoms with van der Waals surface area (Å²) < 4.78 is 0. The Morgan fingerprint density at radius 3 is 1.20 bits per heavy atom. The summed E-state index contributed by atoms with van der Waals surface area (Å²) >= 11 is 0. The lowest BCUT2D eigenvalue weighted by atomic mass is 9.91. The first-order valence-electron chi connectivity index (χ1n) is 17.9. The fourth-order valence-electron chi connectivity index (χ4n) is 8.23. The quantitative estimate of drug-likeness (QED) is 0.172. The number of rotatable bonds is 4. The molecule has 9 aromatic rings. The number of anilines is 3. The second kappa shape index (κ2) is 12.2. The molecule has 0 amide bonds. The molecule has 51 heavy (non-hydrogen) atoms. The smallest absolute Gasteiger partial charge is 0.0493 e. The fraction of sp³-hybridized carbons (Fsp3) is 0.0400. The Morgan fingerprint density at radius 2 is 0.667 bits per heavy atom. The normalized spacial score (nSPS) is 12.5. The van der Waals surface area contributed by atoms with E-state index in [2.05, 4.69) is 193 Å². The van der Waals surface area contributed by atoms with Crippen molar-refractivity contribution in [3.63, 3.8) is 0 Å². The Kier molecular flexibility index (Phi) is 7.03. The van der Waals surface area contributed by atoms with E-state index in [0.29, 0.717) is 0 Å². The predicted octanol–water partition coefficient (Wildman–Crippen LogP) is 13.7. The first-order valence-corrected chi connectivity index (χ1v) is 17.9. The van der Waals surface area contributed by atoms with Gasteiger partial charge in [-0.2, -0.15) is 0 Å². The van der Waals surface area contributed by atoms with Gasteiger partial charge in [-0.25, -0.2) is 0 Å². The zero-order chi connectivity index (χ0) is 33.7. The predicted molar refractivity (Wildman–Crippen MR) is 217 cm³/mol. The van der Waals surface area contributed by atoms with E-state index < -0.39 is 0 Å². The lowest BCUT2D eigenvalue weighted by Crippen LogP contribution is -2.11. The Morgan fingerprint density at radius 1 is 0.275 bits per heavy atom. The van der Waals surface area contributed by atoms with Crippen molar-refractivity contribution < 1.29 is 0 Å². The maximum absolute atomic E-state index is 2.45. The van der Waals surface area contributed by atoms with E-state index in [1.165, 1.54) is 93.9 Å². The van der Waals surface area contributed by atoms with Crippen LogP contribution in [0.1, 0.15) is 11.1 Å². The van der Waals surface area contributed by atoms with Crippen LogP contribution in [-0.2, 0) is 12.8 Å². The van der Waals surface area contributed by atoms with Gasteiger partial charge in [0.05, 0.1) is 0 Å². The summed E-state index contributed by atoms with van der Waals surface area (Å²) in [6.07, 6.45) is 2.08. The first-order chi connectivity index (χ1) is 25.3. The molecule has 1 aliphatic rings. The van der Waals surface area contributed by atoms with Gasteiger partial charge in [-0.05, 0) is 132 Å². The molecule has 0 aliphatic carbocycles. The summed E-state index contributed by atoms with van der Waals surface area (Å²) in [5.74, 6) is 0. The van der Waals surface area contributed by atoms with Crippen molar-refractivity contribution in [2.24, 2.45) is 0 Å². The molecule has 0 aromatic heterocycles. The monoisotopic (exact) mass is 649 g/mol. The average molecular weight is 650 g/mol. The lowest BCUT2D eigenvalue weighted by Gasteiger charge is -2.27. The van der Waals surface area contributed by atoms with Gasteiger partial charge in [-0.3, -0.25) is 0 Å². The number of para-hydroxylation sites is 2. The van der Waals surface area contributed by atoms with Crippen LogP contribution >= 0.6 is 0 Å². The highest BCUT2D eigenvalue weighted by molar-refractivity contribution is 6.25. The van der Waals surface area contributed by atoms with Crippen molar-refractivity contribution >= 4 is 49.4 Å². The molecule has 0 saturated heterocycles. The van der Waals surface area contributed by atoms with E-state index in [1.54, 1.807) is 0 Å². The highest BCUT2D eigenvalue weighted by Crippen LogP contribution is 2.43. The van der Waals surface area contributed by atoms with Gasteiger partial charge in [-0.15, -0.1) is 0 Å². The molecule has 0 fully saturated rings. The van der Waals surface area contributed by atoms with E-state index in [-0.39, 0.29) is 0 Å². The minimum atomic E-state index is 1.04. The van der Waals surface area contributed by atoms with Gasteiger partial charge >= 0.3 is 0 Å². The van der Waals surface area contributed by atoms with Crippen molar-refractivity contribution in [3.05, 3.63) is 199 Å². The van der Waals surface area contributed by atoms with Crippen molar-refractivity contribution in [1.29, 1.82) is 0 Å². The number of benzene rings is 9. The van der Waals surface area contributed by atoms with Crippen LogP contribution < -0.4 is 4.90 Å². The summed E-state index contributed by atoms with van der Waals surface area (Å²) in [6, 6.07) is 69.2. The minimum absolute atomic E-state index is 1.04. The molecule has 0 radical (unpaired) electrons. The zero-order valence-electron chi connectivity index (χ0n) is 28.3. The van der Waals surface area contributed by atoms with Gasteiger partial charge in [0.2, 0.25) is 0 Å². The van der Waals surface area contributed by atoms with Gasteiger partial charge in [0, 0.05) is 17.1 Å². The van der Waals surface area contributed by atoms with Crippen LogP contribution in [0.2, 0.25) is 0 Å². The number of hydrogen-bond donors (Lipinski definition) is 0. The molecule has 10 rings (SSSR count). The molecular formula is C50H35N. The van der Waals surface area contributed by atoms with E-state index in [4.69, 9.17) is 0 Å². The van der Waals surface area contributed by atoms with Crippen molar-refractivity contribution in [1.82, 2.24) is 0 Å². The molecule has 0 bridgehead atoms. The van der Waals surface area contributed by atoms with Crippen molar-refractivity contribution in [2.45, 2.75) is 12.8 Å². The highest BCUT2D eigenvalue weighted by atomic mass is 15.1. The highest BCUT2D eigenvalue weighted by Gasteiger charge is 2.22. The number of aryl methyl sites for hydroxylation is 2. The average Bonchev–Trinajstić information content (AvgIpc) is 3.38. The van der Waals surface area contributed by atoms with E-state index in [9.17, 15) is 0 Å². The van der Waals surface area contributed by atoms with E-state index in [0.717, 1.165) is 12.8 Å². The van der Waals surface area contributed by atoms with Crippen molar-refractivity contribution in [3.8, 4) is 33.4 Å². The molecule has 1 aliphatic heterocycles. The molecule has 0 atom stereocenters. The maximum Gasteiger partial charge on any atom is 0.0493 e. The minimum Gasteiger partial charge on any atom is -0.310 e. The second-order valence-corrected chi connectivity index (χ2v) is 13.7. The standard InChI is InChI=1S/C50H35N/c1-7-24-49-34(12-1)26-27-35-13-2-8-25-50(35)51(49)42-19-11-18-40(32-42)38-16-9-14-36(30-38)37-15-10-17-39(31-37)41-28-29-47-45-22-4-3-20-43(45)44-21-5-6-23-46(44)48(47)33-41/h1-25,28-33H,26-27H2. The zero-order valence-corrected chi connectivity index (χ0v) is 28.3. The van der Waals surface area contributed by atoms with Gasteiger partial charge < -0.3 is 4.90 Å². The lowest BCUT2D eigenvalue weighted by molar-refractivity contribution is 0.977. The van der Waals surface area contributed by atoms with Crippen LogP contribution in [0.3, 0.4) is 0 Å². The molecular weight excluding hydrogens is 615 g/mol. The molecule has 1 heteroatoms. The van der Waals surface area contributed by atoms with E-state index in [1.807, 2.05) is 0 Å². The van der Waals surface area contributed by atoms with Crippen LogP contribution in [0.25, 0.3) is 65.7 Å². The third-order valence-electron chi connectivity index (χ3n) is 10.7. The Labute approximate surface area is 298 Å². The Balaban J connectivity index is 1.04. The molecule has 0 spiro atoms. The molecule has 0 saturated carbocycles. The summed E-state index contributed by atoms with van der Waals surface area (Å²) in [4.78, 5) is 2.45. The molecule has 240 valence electrons. The van der Waals surface area contributed by atoms with Gasteiger partial charge in [-0.1, -0.05) is 146 Å². The van der Waals surface area contributed by atoms with Crippen LogP contribution in [-0.4, -0.2) is 0 Å². The summed E-state index contributed by atoms with van der Waals surface area (Å²) in [5, 5.41) is 7.80. The molecule has 1 nitrogen and oxygen atoms in total. The molecule has 0 unspecified atom stereocenters. The number of hydrogen-bond acceptors (Lipinski definition) is 1. The van der Waals surface area contributed by atoms with Crippen LogP contribution in [0.5, 0.6) is 0 Å². The SMILES string of the molecule is c1cc(-c2cccc(-c3ccc4c5ccccc5c5ccccc5c4c3)c2)cc(-c2cccc(N3c4ccccc4CCc4ccccc43)c2)c1. The van der Waals surface area contributed by atoms with Crippen LogP contribution in [0.4, 0.5) is 17.1 Å². The van der Waals surface area contributed by atoms with Crippen LogP contribution in [0, 0.1) is 0 Å². The topological polar surface area (TPSA) is 3.24 Å². The summed E-state index contributed by atoms with van der Waals surface area (Å²) in [5.41, 5.74) is 13.8. The van der Waals surface area contributed by atoms with Crippen LogP contribution in [0.15, 0.2) is 188 Å². The van der Waals surface area contributed by atoms with E-state index >= 15 is 0 Å². The van der Waals surface area contributed by atoms with Gasteiger partial charge in [0.15, 0.2) is 0 Å². The first kappa shape index (κ1) is 29.5. The second-order valence-electron chi connectivity index (χ2n) is 13.7. The third-order valence-corrected chi connectivity index (χ3v) is 10.7. The molecule has 1 heterocycles. The van der Waals surface area contributed by atoms with Crippen molar-refractivity contribution in [2.75, 3.05) is 4.90 Å². The Bertz CT molecular complexity index is 2690. The Hall–Kier alpha value is -6.44. The van der Waals surface area contributed by atoms with Gasteiger partial charge in [0.25, 0.3) is 0 Å². The molecule has 9 aromatic carbocycles. The summed E-state index contributed by atoms with van der Waals surface area (Å²) in [6.45, 7) is 0. The summed E-state index contributed by atoms with van der Waals surface area (Å²) in [7, 11) is 0. The van der Waals surface area contributed by atoms with Gasteiger partial charge in [0.1, 0.15) is 0 Å². The molecule has 0 N–H and O–H groups in total. The largest absolute Gasteiger partial charge is 0.310 e. The maximum atomic E-state index is 2.45. The third kappa shape index (κ3) is 5.09.